The molecule has 0 fully saturated rings. The van der Waals surface area contributed by atoms with E-state index in [9.17, 15) is 35.9 Å². The number of carbonyl (C=O) groups is 2. The Morgan fingerprint density at radius 3 is 2.34 bits per heavy atom. The van der Waals surface area contributed by atoms with E-state index < -0.39 is 11.9 Å². The number of nitrogens with one attached hydrogen (secondary N) is 1. The number of amides is 2. The third kappa shape index (κ3) is 11.1. The summed E-state index contributed by atoms with van der Waals surface area (Å²) in [6.45, 7) is 4.52. The van der Waals surface area contributed by atoms with Crippen molar-refractivity contribution >= 4 is 35.7 Å². The van der Waals surface area contributed by atoms with Crippen LogP contribution in [0.4, 0.5) is 26.3 Å². The van der Waals surface area contributed by atoms with Crippen LogP contribution in [0.1, 0.15) is 71.7 Å². The molecule has 2 atom stereocenters. The third-order valence-electron chi connectivity index (χ3n) is 7.73. The highest BCUT2D eigenvalue weighted by atomic mass is 32.2. The van der Waals surface area contributed by atoms with Crippen molar-refractivity contribution in [3.05, 3.63) is 63.5 Å². The van der Waals surface area contributed by atoms with Gasteiger partial charge in [-0.25, -0.2) is 0 Å². The lowest BCUT2D eigenvalue weighted by Crippen LogP contribution is -2.33. The third-order valence-corrected chi connectivity index (χ3v) is 8.47. The van der Waals surface area contributed by atoms with Crippen LogP contribution in [0, 0.1) is 18.8 Å². The standard InChI is InChI=1S/C32H38F6N2O3S/c1-21-9-10-23-13-16-27(29(41)39-17-19-44-32(36,37)38)22(2)28(23)20-25(21)8-6-4-5-7-18-40(3)30(42)24-11-14-26(15-12-24)43-31(33,34)35/h10-16,20-21,25H,4-9,17-19H2,1-3H3,(H,39,41). The number of hydrogen-bond donors (Lipinski definition) is 1. The molecular formula is C32H38F6N2O3S. The average molecular weight is 645 g/mol. The second-order valence-electron chi connectivity index (χ2n) is 11.0. The van der Waals surface area contributed by atoms with E-state index in [0.717, 1.165) is 66.7 Å². The van der Waals surface area contributed by atoms with E-state index in [2.05, 4.69) is 29.1 Å². The first-order valence-corrected chi connectivity index (χ1v) is 15.5. The molecule has 0 saturated heterocycles. The van der Waals surface area contributed by atoms with Gasteiger partial charge in [0.1, 0.15) is 5.75 Å². The van der Waals surface area contributed by atoms with Crippen LogP contribution >= 0.6 is 11.8 Å². The monoisotopic (exact) mass is 644 g/mol. The summed E-state index contributed by atoms with van der Waals surface area (Å²) in [5.74, 6) is -0.591. The topological polar surface area (TPSA) is 58.6 Å². The minimum Gasteiger partial charge on any atom is -0.406 e. The molecule has 3 rings (SSSR count). The molecule has 44 heavy (non-hydrogen) atoms. The minimum absolute atomic E-state index is 0.0765. The van der Waals surface area contributed by atoms with Gasteiger partial charge in [0.15, 0.2) is 0 Å². The van der Waals surface area contributed by atoms with Gasteiger partial charge in [-0.15, -0.1) is 13.2 Å². The van der Waals surface area contributed by atoms with Gasteiger partial charge >= 0.3 is 11.9 Å². The normalized spacial score (nSPS) is 16.7. The van der Waals surface area contributed by atoms with Gasteiger partial charge < -0.3 is 15.0 Å². The largest absolute Gasteiger partial charge is 0.573 e. The summed E-state index contributed by atoms with van der Waals surface area (Å²) < 4.78 is 78.0. The van der Waals surface area contributed by atoms with E-state index in [1.807, 2.05) is 13.0 Å². The second kappa shape index (κ2) is 15.7. The van der Waals surface area contributed by atoms with Crippen molar-refractivity contribution in [1.29, 1.82) is 0 Å². The first-order chi connectivity index (χ1) is 20.6. The number of ether oxygens (including phenoxy) is 1. The molecule has 1 aliphatic rings. The Balaban J connectivity index is 1.49. The maximum absolute atomic E-state index is 12.7. The van der Waals surface area contributed by atoms with Crippen molar-refractivity contribution in [2.24, 2.45) is 11.8 Å². The van der Waals surface area contributed by atoms with Gasteiger partial charge in [-0.1, -0.05) is 44.4 Å². The molecule has 242 valence electrons. The number of nitrogens with zero attached hydrogens (tertiary/aromatic N) is 1. The number of alkyl halides is 6. The molecule has 2 aromatic carbocycles. The van der Waals surface area contributed by atoms with Crippen LogP contribution < -0.4 is 20.5 Å². The van der Waals surface area contributed by atoms with Crippen molar-refractivity contribution in [3.8, 4) is 5.75 Å². The minimum atomic E-state index is -4.79. The molecular weight excluding hydrogens is 606 g/mol. The molecule has 1 N–H and O–H groups in total. The number of carbonyl (C=O) groups excluding carboxylic acids is 2. The highest BCUT2D eigenvalue weighted by Crippen LogP contribution is 2.29. The van der Waals surface area contributed by atoms with Crippen LogP contribution in [0.25, 0.3) is 12.2 Å². The van der Waals surface area contributed by atoms with Crippen molar-refractivity contribution in [2.75, 3.05) is 25.9 Å². The second-order valence-corrected chi connectivity index (χ2v) is 12.2. The molecule has 0 spiro atoms. The summed E-state index contributed by atoms with van der Waals surface area (Å²) in [5.41, 5.74) is -2.77. The smallest absolute Gasteiger partial charge is 0.406 e. The molecule has 5 nitrogen and oxygen atoms in total. The van der Waals surface area contributed by atoms with Crippen molar-refractivity contribution in [3.63, 3.8) is 0 Å². The zero-order valence-electron chi connectivity index (χ0n) is 25.0. The lowest BCUT2D eigenvalue weighted by atomic mass is 9.86. The highest BCUT2D eigenvalue weighted by molar-refractivity contribution is 8.00. The maximum atomic E-state index is 12.7. The van der Waals surface area contributed by atoms with E-state index in [4.69, 9.17) is 0 Å². The zero-order chi connectivity index (χ0) is 32.5. The van der Waals surface area contributed by atoms with Crippen molar-refractivity contribution in [2.45, 2.75) is 64.2 Å². The van der Waals surface area contributed by atoms with E-state index in [1.54, 1.807) is 18.0 Å². The summed E-state index contributed by atoms with van der Waals surface area (Å²) in [4.78, 5) is 26.9. The average Bonchev–Trinajstić information content (AvgIpc) is 3.10. The molecule has 0 bridgehead atoms. The van der Waals surface area contributed by atoms with E-state index in [0.29, 0.717) is 23.9 Å². The molecule has 0 radical (unpaired) electrons. The molecule has 0 heterocycles. The molecule has 2 amide bonds. The van der Waals surface area contributed by atoms with Gasteiger partial charge in [-0.3, -0.25) is 9.59 Å². The predicted octanol–water partition coefficient (Wildman–Crippen LogP) is 6.82. The number of hydrogen-bond acceptors (Lipinski definition) is 4. The predicted molar refractivity (Wildman–Crippen MR) is 161 cm³/mol. The van der Waals surface area contributed by atoms with Crippen LogP contribution in [0.15, 0.2) is 36.4 Å². The van der Waals surface area contributed by atoms with E-state index >= 15 is 0 Å². The fourth-order valence-corrected chi connectivity index (χ4v) is 5.69. The fraction of sp³-hybridized carbons (Fsp3) is 0.500. The Bertz CT molecular complexity index is 1390. The van der Waals surface area contributed by atoms with Crippen LogP contribution in [-0.4, -0.2) is 54.5 Å². The number of unbranched alkanes of at least 4 members (excludes halogenated alkanes) is 3. The lowest BCUT2D eigenvalue weighted by molar-refractivity contribution is -0.274. The van der Waals surface area contributed by atoms with Crippen molar-refractivity contribution < 1.29 is 40.7 Å². The van der Waals surface area contributed by atoms with Gasteiger partial charge in [0.05, 0.1) is 0 Å². The molecule has 2 unspecified atom stereocenters. The Morgan fingerprint density at radius 1 is 1.00 bits per heavy atom. The summed E-state index contributed by atoms with van der Waals surface area (Å²) in [5, 5.41) is 4.64. The molecule has 0 aromatic heterocycles. The van der Waals surface area contributed by atoms with Gasteiger partial charge in [-0.05, 0) is 96.1 Å². The summed E-state index contributed by atoms with van der Waals surface area (Å²) >= 11 is -0.159. The Kier molecular flexibility index (Phi) is 12.6. The Morgan fingerprint density at radius 2 is 1.68 bits per heavy atom. The zero-order valence-corrected chi connectivity index (χ0v) is 25.8. The van der Waals surface area contributed by atoms with E-state index in [-0.39, 0.29) is 47.2 Å². The molecule has 2 aromatic rings. The summed E-state index contributed by atoms with van der Waals surface area (Å²) in [6, 6.07) is 8.50. The lowest BCUT2D eigenvalue weighted by Gasteiger charge is -2.19. The number of rotatable bonds is 13. The number of fused-ring (bicyclic) bond motifs is 1. The molecule has 0 saturated carbocycles. The fourth-order valence-electron chi connectivity index (χ4n) is 5.26. The molecule has 0 aliphatic heterocycles. The van der Waals surface area contributed by atoms with Gasteiger partial charge in [-0.2, -0.15) is 13.2 Å². The first-order valence-electron chi connectivity index (χ1n) is 14.6. The van der Waals surface area contributed by atoms with Crippen LogP contribution in [0.2, 0.25) is 0 Å². The van der Waals surface area contributed by atoms with Gasteiger partial charge in [0.25, 0.3) is 11.8 Å². The maximum Gasteiger partial charge on any atom is 0.573 e. The molecule has 1 aliphatic carbocycles. The van der Waals surface area contributed by atoms with Crippen LogP contribution in [-0.2, 0) is 0 Å². The van der Waals surface area contributed by atoms with Crippen LogP contribution in [0.5, 0.6) is 5.75 Å². The summed E-state index contributed by atoms with van der Waals surface area (Å²) in [6.07, 6.45) is 5.12. The number of benzene rings is 2. The SMILES string of the molecule is Cc1c(C(=O)NCCSC(F)(F)F)ccc2c1=CC(CCCCCCN(C)C(=O)c1ccc(OC(F)(F)F)cc1)C(C)CC=2. The Hall–Kier alpha value is -3.15. The van der Waals surface area contributed by atoms with E-state index in [1.165, 1.54) is 12.1 Å². The first kappa shape index (κ1) is 35.3. The number of thioether (sulfide) groups is 1. The van der Waals surface area contributed by atoms with Crippen molar-refractivity contribution in [1.82, 2.24) is 10.2 Å². The van der Waals surface area contributed by atoms with Gasteiger partial charge in [0.2, 0.25) is 0 Å². The quantitative estimate of drug-likeness (QED) is 0.192. The Labute approximate surface area is 257 Å². The number of halogens is 6. The molecule has 12 heteroatoms. The van der Waals surface area contributed by atoms with Gasteiger partial charge in [0, 0.05) is 37.0 Å². The summed E-state index contributed by atoms with van der Waals surface area (Å²) in [7, 11) is 1.66. The van der Waals surface area contributed by atoms with Crippen LogP contribution in [0.3, 0.4) is 0 Å². The highest BCUT2D eigenvalue weighted by Gasteiger charge is 2.31.